The summed E-state index contributed by atoms with van der Waals surface area (Å²) in [5.41, 5.74) is 4.21. The van der Waals surface area contributed by atoms with Gasteiger partial charge in [0.05, 0.1) is 5.92 Å². The molecular formula is C21H23NO3. The molecule has 0 bridgehead atoms. The lowest BCUT2D eigenvalue weighted by molar-refractivity contribution is -0.138. The maximum Gasteiger partial charge on any atom is 0.310 e. The van der Waals surface area contributed by atoms with Crippen molar-refractivity contribution in [1.29, 1.82) is 0 Å². The number of carboxylic acid groups (broad SMARTS) is 1. The number of benzene rings is 2. The number of hydrogen-bond donors (Lipinski definition) is 2. The predicted octanol–water partition coefficient (Wildman–Crippen LogP) is 4.01. The van der Waals surface area contributed by atoms with Gasteiger partial charge in [0.1, 0.15) is 0 Å². The predicted molar refractivity (Wildman–Crippen MR) is 97.7 cm³/mol. The van der Waals surface area contributed by atoms with Crippen molar-refractivity contribution in [2.75, 3.05) is 5.32 Å². The molecule has 2 N–H and O–H groups in total. The van der Waals surface area contributed by atoms with E-state index in [9.17, 15) is 9.59 Å². The van der Waals surface area contributed by atoms with Crippen LogP contribution in [0.25, 0.3) is 0 Å². The molecule has 1 aliphatic carbocycles. The van der Waals surface area contributed by atoms with E-state index in [0.717, 1.165) is 24.8 Å². The van der Waals surface area contributed by atoms with Gasteiger partial charge in [0.25, 0.3) is 0 Å². The number of rotatable bonds is 5. The van der Waals surface area contributed by atoms with Gasteiger partial charge in [-0.3, -0.25) is 9.59 Å². The zero-order chi connectivity index (χ0) is 17.8. The summed E-state index contributed by atoms with van der Waals surface area (Å²) in [7, 11) is 0. The second-order valence-corrected chi connectivity index (χ2v) is 6.81. The van der Waals surface area contributed by atoms with Crippen LogP contribution in [0, 0.1) is 5.92 Å². The fourth-order valence-electron chi connectivity index (χ4n) is 3.42. The molecule has 130 valence electrons. The highest BCUT2D eigenvalue weighted by atomic mass is 16.4. The molecule has 25 heavy (non-hydrogen) atoms. The van der Waals surface area contributed by atoms with Crippen molar-refractivity contribution >= 4 is 17.6 Å². The normalized spacial score (nSPS) is 17.4. The van der Waals surface area contributed by atoms with Crippen molar-refractivity contribution in [2.45, 2.75) is 38.5 Å². The molecule has 0 heterocycles. The summed E-state index contributed by atoms with van der Waals surface area (Å²) in [6.07, 6.45) is 3.55. The Labute approximate surface area is 147 Å². The zero-order valence-corrected chi connectivity index (χ0v) is 14.4. The average molecular weight is 337 g/mol. The van der Waals surface area contributed by atoms with Crippen molar-refractivity contribution in [2.24, 2.45) is 5.92 Å². The second kappa shape index (κ2) is 7.51. The molecule has 4 nitrogen and oxygen atoms in total. The number of aryl methyl sites for hydroxylation is 1. The van der Waals surface area contributed by atoms with Crippen LogP contribution in [0.4, 0.5) is 5.69 Å². The highest BCUT2D eigenvalue weighted by Crippen LogP contribution is 2.27. The molecule has 0 saturated carbocycles. The fourth-order valence-corrected chi connectivity index (χ4v) is 3.42. The van der Waals surface area contributed by atoms with E-state index in [2.05, 4.69) is 29.6 Å². The lowest BCUT2D eigenvalue weighted by Gasteiger charge is -2.24. The molecule has 0 radical (unpaired) electrons. The molecule has 0 fully saturated rings. The maximum atomic E-state index is 12.3. The minimum absolute atomic E-state index is 0.0171. The number of amides is 1. The first kappa shape index (κ1) is 17.2. The van der Waals surface area contributed by atoms with Gasteiger partial charge in [0, 0.05) is 12.1 Å². The first-order chi connectivity index (χ1) is 12.0. The van der Waals surface area contributed by atoms with Gasteiger partial charge < -0.3 is 10.4 Å². The third-order valence-electron chi connectivity index (χ3n) is 4.99. The quantitative estimate of drug-likeness (QED) is 0.866. The first-order valence-corrected chi connectivity index (χ1v) is 8.72. The van der Waals surface area contributed by atoms with Crippen LogP contribution in [0.3, 0.4) is 0 Å². The molecule has 2 unspecified atom stereocenters. The van der Waals surface area contributed by atoms with Gasteiger partial charge in [0.15, 0.2) is 0 Å². The summed E-state index contributed by atoms with van der Waals surface area (Å²) >= 11 is 0. The van der Waals surface area contributed by atoms with Gasteiger partial charge in [-0.2, -0.15) is 0 Å². The molecule has 4 heteroatoms. The van der Waals surface area contributed by atoms with Crippen LogP contribution >= 0.6 is 0 Å². The Morgan fingerprint density at radius 3 is 2.48 bits per heavy atom. The van der Waals surface area contributed by atoms with Crippen LogP contribution in [-0.2, 0) is 22.4 Å². The van der Waals surface area contributed by atoms with Crippen LogP contribution in [-0.4, -0.2) is 17.0 Å². The topological polar surface area (TPSA) is 66.4 Å². The van der Waals surface area contributed by atoms with E-state index < -0.39 is 11.9 Å². The van der Waals surface area contributed by atoms with Gasteiger partial charge >= 0.3 is 5.97 Å². The van der Waals surface area contributed by atoms with Gasteiger partial charge in [0.2, 0.25) is 5.91 Å². The standard InChI is InChI=1S/C21H23NO3/c1-14(21(24)25)16-8-10-19(11-9-16)22-20(23)13-15-6-7-17-4-2-3-5-18(17)12-15/h2-5,8-11,14-15H,6-7,12-13H2,1H3,(H,22,23)(H,24,25). The Hall–Kier alpha value is -2.62. The maximum absolute atomic E-state index is 12.3. The Bertz CT molecular complexity index is 767. The molecule has 2 aromatic carbocycles. The van der Waals surface area contributed by atoms with E-state index >= 15 is 0 Å². The van der Waals surface area contributed by atoms with Crippen LogP contribution < -0.4 is 5.32 Å². The Morgan fingerprint density at radius 1 is 1.12 bits per heavy atom. The Balaban J connectivity index is 1.55. The van der Waals surface area contributed by atoms with Crippen molar-refractivity contribution in [3.05, 3.63) is 65.2 Å². The van der Waals surface area contributed by atoms with Crippen molar-refractivity contribution < 1.29 is 14.7 Å². The number of aliphatic carboxylic acids is 1. The Kier molecular flexibility index (Phi) is 5.17. The summed E-state index contributed by atoms with van der Waals surface area (Å²) in [5.74, 6) is -1.01. The molecule has 2 atom stereocenters. The van der Waals surface area contributed by atoms with Gasteiger partial charge in [-0.15, -0.1) is 0 Å². The van der Waals surface area contributed by atoms with Gasteiger partial charge in [-0.05, 0) is 60.9 Å². The molecular weight excluding hydrogens is 314 g/mol. The molecule has 0 spiro atoms. The molecule has 1 aliphatic rings. The van der Waals surface area contributed by atoms with Gasteiger partial charge in [-0.25, -0.2) is 0 Å². The van der Waals surface area contributed by atoms with Crippen LogP contribution in [0.2, 0.25) is 0 Å². The van der Waals surface area contributed by atoms with Crippen LogP contribution in [0.1, 0.15) is 42.4 Å². The lowest BCUT2D eigenvalue weighted by atomic mass is 9.82. The molecule has 0 aliphatic heterocycles. The summed E-state index contributed by atoms with van der Waals surface area (Å²) in [6, 6.07) is 15.5. The van der Waals surface area contributed by atoms with E-state index in [1.807, 2.05) is 0 Å². The SMILES string of the molecule is CC(C(=O)O)c1ccc(NC(=O)CC2CCc3ccccc3C2)cc1. The van der Waals surface area contributed by atoms with E-state index in [1.165, 1.54) is 11.1 Å². The monoisotopic (exact) mass is 337 g/mol. The number of anilines is 1. The molecule has 2 aromatic rings. The third kappa shape index (κ3) is 4.27. The minimum Gasteiger partial charge on any atom is -0.481 e. The fraction of sp³-hybridized carbons (Fsp3) is 0.333. The number of carbonyl (C=O) groups excluding carboxylic acids is 1. The molecule has 3 rings (SSSR count). The van der Waals surface area contributed by atoms with Crippen molar-refractivity contribution in [3.8, 4) is 0 Å². The van der Waals surface area contributed by atoms with Crippen LogP contribution in [0.15, 0.2) is 48.5 Å². The highest BCUT2D eigenvalue weighted by Gasteiger charge is 2.21. The summed E-state index contributed by atoms with van der Waals surface area (Å²) in [5, 5.41) is 12.0. The number of fused-ring (bicyclic) bond motifs is 1. The molecule has 0 saturated heterocycles. The molecule has 1 amide bonds. The third-order valence-corrected chi connectivity index (χ3v) is 4.99. The largest absolute Gasteiger partial charge is 0.481 e. The van der Waals surface area contributed by atoms with E-state index in [-0.39, 0.29) is 5.91 Å². The number of carbonyl (C=O) groups is 2. The van der Waals surface area contributed by atoms with E-state index in [0.29, 0.717) is 18.0 Å². The minimum atomic E-state index is -0.852. The van der Waals surface area contributed by atoms with E-state index in [1.54, 1.807) is 31.2 Å². The summed E-state index contributed by atoms with van der Waals surface area (Å²) in [6.45, 7) is 1.65. The number of nitrogens with one attached hydrogen (secondary N) is 1. The first-order valence-electron chi connectivity index (χ1n) is 8.72. The lowest BCUT2D eigenvalue weighted by Crippen LogP contribution is -2.21. The highest BCUT2D eigenvalue weighted by molar-refractivity contribution is 5.91. The van der Waals surface area contributed by atoms with Gasteiger partial charge in [-0.1, -0.05) is 36.4 Å². The summed E-state index contributed by atoms with van der Waals surface area (Å²) in [4.78, 5) is 23.3. The Morgan fingerprint density at radius 2 is 1.80 bits per heavy atom. The smallest absolute Gasteiger partial charge is 0.310 e. The van der Waals surface area contributed by atoms with Crippen LogP contribution in [0.5, 0.6) is 0 Å². The van der Waals surface area contributed by atoms with Crippen molar-refractivity contribution in [3.63, 3.8) is 0 Å². The summed E-state index contributed by atoms with van der Waals surface area (Å²) < 4.78 is 0. The number of carboxylic acids is 1. The van der Waals surface area contributed by atoms with Crippen molar-refractivity contribution in [1.82, 2.24) is 0 Å². The molecule has 0 aromatic heterocycles. The average Bonchev–Trinajstić information content (AvgIpc) is 2.61. The zero-order valence-electron chi connectivity index (χ0n) is 14.4. The number of hydrogen-bond acceptors (Lipinski definition) is 2. The second-order valence-electron chi connectivity index (χ2n) is 6.81. The van der Waals surface area contributed by atoms with E-state index in [4.69, 9.17) is 5.11 Å².